The number of carbonyl (C=O) groups excluding carboxylic acids is 2. The first-order valence-corrected chi connectivity index (χ1v) is 7.72. The minimum absolute atomic E-state index is 0.0906. The molecule has 0 bridgehead atoms. The molecule has 2 rings (SSSR count). The molecule has 2 aromatic rings. The summed E-state index contributed by atoms with van der Waals surface area (Å²) in [6.07, 6.45) is 0.725. The monoisotopic (exact) mass is 328 g/mol. The van der Waals surface area contributed by atoms with Crippen LogP contribution in [0.4, 0.5) is 0 Å². The van der Waals surface area contributed by atoms with E-state index in [1.807, 2.05) is 13.0 Å². The third kappa shape index (κ3) is 4.07. The van der Waals surface area contributed by atoms with E-state index < -0.39 is 11.9 Å². The zero-order valence-electron chi connectivity index (χ0n) is 13.7. The van der Waals surface area contributed by atoms with Crippen LogP contribution in [0.2, 0.25) is 0 Å². The van der Waals surface area contributed by atoms with Gasteiger partial charge in [-0.1, -0.05) is 37.3 Å². The summed E-state index contributed by atoms with van der Waals surface area (Å²) >= 11 is 0. The second-order valence-corrected chi connectivity index (χ2v) is 5.21. The molecule has 2 N–H and O–H groups in total. The maximum atomic E-state index is 12.4. The van der Waals surface area contributed by atoms with E-state index in [2.05, 4.69) is 15.7 Å². The largest absolute Gasteiger partial charge is 0.357 e. The van der Waals surface area contributed by atoms with E-state index in [1.54, 1.807) is 24.3 Å². The van der Waals surface area contributed by atoms with Gasteiger partial charge in [-0.3, -0.25) is 14.4 Å². The first-order chi connectivity index (χ1) is 11.6. The smallest absolute Gasteiger partial charge is 0.272 e. The van der Waals surface area contributed by atoms with Crippen molar-refractivity contribution < 1.29 is 9.59 Å². The number of hydrogen-bond acceptors (Lipinski definition) is 4. The van der Waals surface area contributed by atoms with Crippen molar-refractivity contribution in [2.24, 2.45) is 0 Å². The summed E-state index contributed by atoms with van der Waals surface area (Å²) in [6.45, 7) is 2.34. The summed E-state index contributed by atoms with van der Waals surface area (Å²) in [5.74, 6) is -0.853. The lowest BCUT2D eigenvalue weighted by molar-refractivity contribution is -0.122. The van der Waals surface area contributed by atoms with E-state index in [0.29, 0.717) is 12.1 Å². The number of rotatable bonds is 6. The predicted octanol–water partition coefficient (Wildman–Crippen LogP) is 0.870. The Kier molecular flexibility index (Phi) is 5.83. The maximum Gasteiger partial charge on any atom is 0.272 e. The number of nitrogens with zero attached hydrogens (tertiary/aromatic N) is 2. The highest BCUT2D eigenvalue weighted by molar-refractivity contribution is 5.96. The number of benzene rings is 1. The average Bonchev–Trinajstić information content (AvgIpc) is 2.61. The van der Waals surface area contributed by atoms with E-state index in [0.717, 1.165) is 6.42 Å². The molecule has 126 valence electrons. The zero-order chi connectivity index (χ0) is 17.5. The van der Waals surface area contributed by atoms with Crippen LogP contribution in [0.25, 0.3) is 0 Å². The van der Waals surface area contributed by atoms with Crippen LogP contribution in [0.3, 0.4) is 0 Å². The Hall–Kier alpha value is -2.96. The number of likely N-dealkylation sites (N-methyl/N-ethyl adjacent to an activating group) is 1. The number of amides is 2. The van der Waals surface area contributed by atoms with Crippen LogP contribution in [-0.2, 0) is 11.3 Å². The Morgan fingerprint density at radius 1 is 1.17 bits per heavy atom. The first-order valence-electron chi connectivity index (χ1n) is 7.72. The van der Waals surface area contributed by atoms with Gasteiger partial charge in [-0.2, -0.15) is 5.10 Å². The lowest BCUT2D eigenvalue weighted by Gasteiger charge is -2.17. The maximum absolute atomic E-state index is 12.4. The van der Waals surface area contributed by atoms with Crippen LogP contribution in [0.15, 0.2) is 47.3 Å². The molecular formula is C17H20N4O3. The molecule has 1 aromatic heterocycles. The van der Waals surface area contributed by atoms with E-state index in [9.17, 15) is 14.4 Å². The Bertz CT molecular complexity index is 771. The SMILES string of the molecule is CCCn1nc(C(=O)N[C@@H](C(=O)NC)c2ccccc2)ccc1=O. The molecule has 0 aliphatic carbocycles. The molecular weight excluding hydrogens is 308 g/mol. The van der Waals surface area contributed by atoms with Gasteiger partial charge in [0.15, 0.2) is 0 Å². The fourth-order valence-corrected chi connectivity index (χ4v) is 2.24. The van der Waals surface area contributed by atoms with Gasteiger partial charge < -0.3 is 10.6 Å². The van der Waals surface area contributed by atoms with Crippen LogP contribution in [0.5, 0.6) is 0 Å². The normalized spacial score (nSPS) is 11.6. The van der Waals surface area contributed by atoms with Crippen LogP contribution in [-0.4, -0.2) is 28.6 Å². The molecule has 1 aromatic carbocycles. The highest BCUT2D eigenvalue weighted by Crippen LogP contribution is 2.13. The third-order valence-corrected chi connectivity index (χ3v) is 3.45. The highest BCUT2D eigenvalue weighted by atomic mass is 16.2. The number of nitrogens with one attached hydrogen (secondary N) is 2. The fourth-order valence-electron chi connectivity index (χ4n) is 2.24. The molecule has 1 atom stereocenters. The van der Waals surface area contributed by atoms with E-state index in [4.69, 9.17) is 0 Å². The van der Waals surface area contributed by atoms with Gasteiger partial charge in [0, 0.05) is 19.7 Å². The molecule has 0 radical (unpaired) electrons. The summed E-state index contributed by atoms with van der Waals surface area (Å²) in [7, 11) is 1.50. The van der Waals surface area contributed by atoms with Gasteiger partial charge in [-0.25, -0.2) is 4.68 Å². The second-order valence-electron chi connectivity index (χ2n) is 5.21. The quantitative estimate of drug-likeness (QED) is 0.823. The number of hydrogen-bond donors (Lipinski definition) is 2. The van der Waals surface area contributed by atoms with Crippen molar-refractivity contribution in [3.63, 3.8) is 0 Å². The molecule has 0 saturated carbocycles. The third-order valence-electron chi connectivity index (χ3n) is 3.45. The molecule has 7 heteroatoms. The van der Waals surface area contributed by atoms with Gasteiger partial charge in [-0.15, -0.1) is 0 Å². The average molecular weight is 328 g/mol. The fraction of sp³-hybridized carbons (Fsp3) is 0.294. The molecule has 7 nitrogen and oxygen atoms in total. The van der Waals surface area contributed by atoms with Crippen LogP contribution >= 0.6 is 0 Å². The minimum Gasteiger partial charge on any atom is -0.357 e. The Morgan fingerprint density at radius 3 is 2.50 bits per heavy atom. The standard InChI is InChI=1S/C17H20N4O3/c1-3-11-21-14(22)10-9-13(20-21)16(23)19-15(17(24)18-2)12-7-5-4-6-8-12/h4-10,15H,3,11H2,1-2H3,(H,18,24)(H,19,23)/t15-/m1/s1. The number of carbonyl (C=O) groups is 2. The van der Waals surface area contributed by atoms with Crippen molar-refractivity contribution >= 4 is 11.8 Å². The van der Waals surface area contributed by atoms with Gasteiger partial charge in [0.05, 0.1) is 0 Å². The van der Waals surface area contributed by atoms with Gasteiger partial charge >= 0.3 is 0 Å². The summed E-state index contributed by atoms with van der Waals surface area (Å²) in [6, 6.07) is 10.7. The summed E-state index contributed by atoms with van der Waals surface area (Å²) in [4.78, 5) is 36.2. The van der Waals surface area contributed by atoms with Crippen molar-refractivity contribution in [3.05, 3.63) is 64.1 Å². The molecule has 0 aliphatic heterocycles. The van der Waals surface area contributed by atoms with Crippen molar-refractivity contribution in [1.29, 1.82) is 0 Å². The first kappa shape index (κ1) is 17.4. The molecule has 1 heterocycles. The van der Waals surface area contributed by atoms with Crippen LogP contribution < -0.4 is 16.2 Å². The van der Waals surface area contributed by atoms with Crippen molar-refractivity contribution in [2.75, 3.05) is 7.05 Å². The molecule has 24 heavy (non-hydrogen) atoms. The lowest BCUT2D eigenvalue weighted by Crippen LogP contribution is -2.40. The van der Waals surface area contributed by atoms with Gasteiger partial charge in [0.2, 0.25) is 5.91 Å². The predicted molar refractivity (Wildman–Crippen MR) is 89.5 cm³/mol. The van der Waals surface area contributed by atoms with Crippen LogP contribution in [0.1, 0.15) is 35.4 Å². The zero-order valence-corrected chi connectivity index (χ0v) is 13.7. The molecule has 0 saturated heterocycles. The van der Waals surface area contributed by atoms with E-state index in [1.165, 1.54) is 23.9 Å². The van der Waals surface area contributed by atoms with E-state index in [-0.39, 0.29) is 17.2 Å². The van der Waals surface area contributed by atoms with Crippen molar-refractivity contribution in [1.82, 2.24) is 20.4 Å². The Balaban J connectivity index is 2.26. The molecule has 0 aliphatic rings. The number of aromatic nitrogens is 2. The number of aryl methyl sites for hydroxylation is 1. The van der Waals surface area contributed by atoms with Gasteiger partial charge in [0.1, 0.15) is 11.7 Å². The molecule has 2 amide bonds. The topological polar surface area (TPSA) is 93.1 Å². The summed E-state index contributed by atoms with van der Waals surface area (Å²) in [5, 5.41) is 9.25. The molecule has 0 unspecified atom stereocenters. The molecule has 0 fully saturated rings. The second kappa shape index (κ2) is 8.05. The minimum atomic E-state index is -0.836. The lowest BCUT2D eigenvalue weighted by atomic mass is 10.1. The van der Waals surface area contributed by atoms with Gasteiger partial charge in [-0.05, 0) is 18.1 Å². The van der Waals surface area contributed by atoms with Crippen molar-refractivity contribution in [3.8, 4) is 0 Å². The summed E-state index contributed by atoms with van der Waals surface area (Å²) in [5.41, 5.74) is 0.485. The summed E-state index contributed by atoms with van der Waals surface area (Å²) < 4.78 is 1.24. The highest BCUT2D eigenvalue weighted by Gasteiger charge is 2.23. The van der Waals surface area contributed by atoms with Gasteiger partial charge in [0.25, 0.3) is 11.5 Å². The van der Waals surface area contributed by atoms with E-state index >= 15 is 0 Å². The molecule has 0 spiro atoms. The van der Waals surface area contributed by atoms with Crippen LogP contribution in [0, 0.1) is 0 Å². The van der Waals surface area contributed by atoms with Crippen molar-refractivity contribution in [2.45, 2.75) is 25.9 Å². The Morgan fingerprint density at radius 2 is 1.88 bits per heavy atom. The Labute approximate surface area is 139 Å².